The highest BCUT2D eigenvalue weighted by Gasteiger charge is 2.34. The normalized spacial score (nSPS) is 10.9. The van der Waals surface area contributed by atoms with Crippen LogP contribution in [0.4, 0.5) is 26.3 Å². The standard InChI is InChI=1S/C21H15BF6O/c1-10-4-13(17(25)8-15(10)23)22(14-5-11(2)16(24)9-18(14)26)21-19(27)6-12(29-3)7-20(21)28/h4-9H,1-3H3. The van der Waals surface area contributed by atoms with Gasteiger partial charge in [0.25, 0.3) is 6.71 Å². The second kappa shape index (κ2) is 7.85. The topological polar surface area (TPSA) is 9.23 Å². The monoisotopic (exact) mass is 408 g/mol. The van der Waals surface area contributed by atoms with Gasteiger partial charge in [0.05, 0.1) is 7.11 Å². The van der Waals surface area contributed by atoms with E-state index in [1.807, 2.05) is 0 Å². The Balaban J connectivity index is 2.39. The zero-order valence-electron chi connectivity index (χ0n) is 15.7. The van der Waals surface area contributed by atoms with E-state index in [1.54, 1.807) is 0 Å². The quantitative estimate of drug-likeness (QED) is 0.473. The van der Waals surface area contributed by atoms with Crippen LogP contribution in [-0.4, -0.2) is 13.8 Å². The maximum absolute atomic E-state index is 14.8. The number of hydrogen-bond acceptors (Lipinski definition) is 1. The van der Waals surface area contributed by atoms with Gasteiger partial charge in [0.15, 0.2) is 0 Å². The molecular weight excluding hydrogens is 393 g/mol. The van der Waals surface area contributed by atoms with Gasteiger partial charge < -0.3 is 4.74 Å². The molecule has 0 N–H and O–H groups in total. The van der Waals surface area contributed by atoms with Crippen LogP contribution in [0.1, 0.15) is 11.1 Å². The van der Waals surface area contributed by atoms with Crippen molar-refractivity contribution in [3.63, 3.8) is 0 Å². The Morgan fingerprint density at radius 2 is 1.00 bits per heavy atom. The molecule has 3 aromatic carbocycles. The van der Waals surface area contributed by atoms with Crippen LogP contribution < -0.4 is 21.1 Å². The van der Waals surface area contributed by atoms with E-state index in [2.05, 4.69) is 0 Å². The lowest BCUT2D eigenvalue weighted by Gasteiger charge is -2.20. The Morgan fingerprint density at radius 1 is 0.586 bits per heavy atom. The van der Waals surface area contributed by atoms with Crippen LogP contribution in [0.3, 0.4) is 0 Å². The summed E-state index contributed by atoms with van der Waals surface area (Å²) in [5.74, 6) is -6.32. The summed E-state index contributed by atoms with van der Waals surface area (Å²) in [6, 6.07) is 4.96. The molecule has 0 bridgehead atoms. The third-order valence-corrected chi connectivity index (χ3v) is 4.75. The molecule has 0 amide bonds. The predicted octanol–water partition coefficient (Wildman–Crippen LogP) is 3.66. The molecule has 0 saturated carbocycles. The van der Waals surface area contributed by atoms with E-state index < -0.39 is 47.1 Å². The van der Waals surface area contributed by atoms with Crippen LogP contribution in [0.2, 0.25) is 0 Å². The number of methoxy groups -OCH3 is 1. The van der Waals surface area contributed by atoms with Crippen molar-refractivity contribution in [1.29, 1.82) is 0 Å². The van der Waals surface area contributed by atoms with E-state index >= 15 is 0 Å². The Morgan fingerprint density at radius 3 is 1.38 bits per heavy atom. The number of ether oxygens (including phenoxy) is 1. The average Bonchev–Trinajstić information content (AvgIpc) is 2.65. The van der Waals surface area contributed by atoms with E-state index in [4.69, 9.17) is 4.74 Å². The maximum atomic E-state index is 14.8. The fraction of sp³-hybridized carbons (Fsp3) is 0.143. The minimum Gasteiger partial charge on any atom is -0.497 e. The fourth-order valence-corrected chi connectivity index (χ4v) is 3.23. The largest absolute Gasteiger partial charge is 0.497 e. The maximum Gasteiger partial charge on any atom is 0.256 e. The number of rotatable bonds is 4. The molecule has 0 atom stereocenters. The summed E-state index contributed by atoms with van der Waals surface area (Å²) in [5, 5.41) is 0. The predicted molar refractivity (Wildman–Crippen MR) is 99.8 cm³/mol. The van der Waals surface area contributed by atoms with Gasteiger partial charge in [-0.15, -0.1) is 0 Å². The number of halogens is 6. The molecular formula is C21H15BF6O. The van der Waals surface area contributed by atoms with E-state index in [-0.39, 0.29) is 27.8 Å². The molecule has 3 rings (SSSR count). The van der Waals surface area contributed by atoms with E-state index in [9.17, 15) is 26.3 Å². The highest BCUT2D eigenvalue weighted by Crippen LogP contribution is 2.17. The summed E-state index contributed by atoms with van der Waals surface area (Å²) in [5.41, 5.74) is -1.37. The Bertz CT molecular complexity index is 1020. The van der Waals surface area contributed by atoms with Gasteiger partial charge in [-0.3, -0.25) is 0 Å². The van der Waals surface area contributed by atoms with E-state index in [0.29, 0.717) is 12.1 Å². The lowest BCUT2D eigenvalue weighted by molar-refractivity contribution is 0.407. The second-order valence-electron chi connectivity index (χ2n) is 6.68. The summed E-state index contributed by atoms with van der Waals surface area (Å²) in [4.78, 5) is 0. The lowest BCUT2D eigenvalue weighted by Crippen LogP contribution is -2.57. The molecule has 0 heterocycles. The van der Waals surface area contributed by atoms with Crippen molar-refractivity contribution in [1.82, 2.24) is 0 Å². The van der Waals surface area contributed by atoms with Gasteiger partial charge in [-0.2, -0.15) is 0 Å². The van der Waals surface area contributed by atoms with Crippen LogP contribution in [0.5, 0.6) is 5.75 Å². The molecule has 0 aromatic heterocycles. The molecule has 1 nitrogen and oxygen atoms in total. The summed E-state index contributed by atoms with van der Waals surface area (Å²) < 4.78 is 91.3. The summed E-state index contributed by atoms with van der Waals surface area (Å²) in [6.07, 6.45) is 0. The van der Waals surface area contributed by atoms with Crippen LogP contribution in [0.15, 0.2) is 36.4 Å². The molecule has 150 valence electrons. The molecule has 0 aliphatic carbocycles. The molecule has 29 heavy (non-hydrogen) atoms. The van der Waals surface area contributed by atoms with Crippen molar-refractivity contribution in [2.75, 3.05) is 7.11 Å². The molecule has 0 saturated heterocycles. The van der Waals surface area contributed by atoms with Crippen molar-refractivity contribution in [2.45, 2.75) is 13.8 Å². The van der Waals surface area contributed by atoms with Crippen molar-refractivity contribution >= 4 is 23.1 Å². The fourth-order valence-electron chi connectivity index (χ4n) is 3.23. The number of hydrogen-bond donors (Lipinski definition) is 0. The molecule has 0 aliphatic heterocycles. The minimum absolute atomic E-state index is 0.0000280. The van der Waals surface area contributed by atoms with Crippen molar-refractivity contribution in [2.24, 2.45) is 0 Å². The van der Waals surface area contributed by atoms with Crippen molar-refractivity contribution in [3.05, 3.63) is 82.4 Å². The highest BCUT2D eigenvalue weighted by atomic mass is 19.2. The summed E-state index contributed by atoms with van der Waals surface area (Å²) in [7, 11) is 1.21. The molecule has 0 aliphatic rings. The van der Waals surface area contributed by atoms with Gasteiger partial charge in [0.1, 0.15) is 40.7 Å². The highest BCUT2D eigenvalue weighted by molar-refractivity contribution is 6.95. The first kappa shape index (κ1) is 20.8. The summed E-state index contributed by atoms with van der Waals surface area (Å²) >= 11 is 0. The van der Waals surface area contributed by atoms with Crippen molar-refractivity contribution in [3.8, 4) is 5.75 Å². The van der Waals surface area contributed by atoms with Crippen molar-refractivity contribution < 1.29 is 31.1 Å². The first-order valence-electron chi connectivity index (χ1n) is 8.58. The molecule has 0 spiro atoms. The first-order valence-corrected chi connectivity index (χ1v) is 8.58. The SMILES string of the molecule is COc1cc(F)c(B(c2cc(C)c(F)cc2F)c2cc(C)c(F)cc2F)c(F)c1. The molecule has 0 radical (unpaired) electrons. The van der Waals surface area contributed by atoms with E-state index in [1.165, 1.54) is 21.0 Å². The minimum atomic E-state index is -1.63. The van der Waals surface area contributed by atoms with E-state index in [0.717, 1.165) is 24.3 Å². The number of benzene rings is 3. The average molecular weight is 408 g/mol. The molecule has 3 aromatic rings. The Kier molecular flexibility index (Phi) is 5.64. The van der Waals surface area contributed by atoms with Gasteiger partial charge in [0.2, 0.25) is 0 Å². The summed E-state index contributed by atoms with van der Waals surface area (Å²) in [6.45, 7) is 1.05. The first-order chi connectivity index (χ1) is 13.6. The molecule has 8 heteroatoms. The van der Waals surface area contributed by atoms with Crippen LogP contribution in [0, 0.1) is 48.8 Å². The van der Waals surface area contributed by atoms with Crippen LogP contribution in [-0.2, 0) is 0 Å². The van der Waals surface area contributed by atoms with Gasteiger partial charge in [-0.1, -0.05) is 12.1 Å². The lowest BCUT2D eigenvalue weighted by atomic mass is 9.36. The molecule has 0 fully saturated rings. The van der Waals surface area contributed by atoms with Gasteiger partial charge in [-0.05, 0) is 35.9 Å². The third kappa shape index (κ3) is 3.84. The zero-order chi connectivity index (χ0) is 21.5. The van der Waals surface area contributed by atoms with Crippen LogP contribution in [0.25, 0.3) is 0 Å². The van der Waals surface area contributed by atoms with Gasteiger partial charge in [0, 0.05) is 29.7 Å². The molecule has 0 unspecified atom stereocenters. The Hall–Kier alpha value is -2.90. The van der Waals surface area contributed by atoms with Gasteiger partial charge in [-0.25, -0.2) is 26.3 Å². The third-order valence-electron chi connectivity index (χ3n) is 4.75. The number of aryl methyl sites for hydroxylation is 2. The smallest absolute Gasteiger partial charge is 0.256 e. The second-order valence-corrected chi connectivity index (χ2v) is 6.68. The Labute approximate surface area is 164 Å². The zero-order valence-corrected chi connectivity index (χ0v) is 15.7. The van der Waals surface area contributed by atoms with Crippen LogP contribution >= 0.6 is 0 Å². The van der Waals surface area contributed by atoms with Gasteiger partial charge >= 0.3 is 0 Å².